The zero-order chi connectivity index (χ0) is 12.1. The van der Waals surface area contributed by atoms with Gasteiger partial charge in [-0.2, -0.15) is 5.26 Å². The van der Waals surface area contributed by atoms with Crippen LogP contribution in [0.25, 0.3) is 0 Å². The molecule has 1 aromatic rings. The second-order valence-electron chi connectivity index (χ2n) is 3.61. The van der Waals surface area contributed by atoms with Gasteiger partial charge in [0.1, 0.15) is 6.04 Å². The highest BCUT2D eigenvalue weighted by molar-refractivity contribution is 5.44. The molecule has 0 aliphatic carbocycles. The molecule has 0 fully saturated rings. The molecule has 0 N–H and O–H groups in total. The number of ether oxygens (including phenoxy) is 2. The van der Waals surface area contributed by atoms with Crippen LogP contribution in [0.2, 0.25) is 0 Å². The summed E-state index contributed by atoms with van der Waals surface area (Å²) >= 11 is 0. The number of benzene rings is 1. The molecule has 0 amide bonds. The Labute approximate surface area is 96.0 Å². The molecule has 0 heterocycles. The van der Waals surface area contributed by atoms with E-state index in [1.54, 1.807) is 14.2 Å². The topological polar surface area (TPSA) is 45.5 Å². The third-order valence-electron chi connectivity index (χ3n) is 2.36. The molecule has 1 aromatic carbocycles. The van der Waals surface area contributed by atoms with Gasteiger partial charge in [0.2, 0.25) is 0 Å². The molecule has 0 saturated carbocycles. The SMILES string of the molecule is COc1ccc(C(C#N)N(C)C)cc1OC. The minimum atomic E-state index is -0.278. The quantitative estimate of drug-likeness (QED) is 0.776. The van der Waals surface area contributed by atoms with Crippen LogP contribution in [0, 0.1) is 11.3 Å². The normalized spacial score (nSPS) is 12.0. The first-order valence-electron chi connectivity index (χ1n) is 4.92. The van der Waals surface area contributed by atoms with Crippen LogP contribution in [0.4, 0.5) is 0 Å². The molecule has 1 rings (SSSR count). The molecule has 1 unspecified atom stereocenters. The molecule has 16 heavy (non-hydrogen) atoms. The van der Waals surface area contributed by atoms with E-state index in [2.05, 4.69) is 6.07 Å². The zero-order valence-electron chi connectivity index (χ0n) is 10.0. The summed E-state index contributed by atoms with van der Waals surface area (Å²) in [6.45, 7) is 0. The molecule has 4 heteroatoms. The highest BCUT2D eigenvalue weighted by Crippen LogP contribution is 2.30. The van der Waals surface area contributed by atoms with E-state index >= 15 is 0 Å². The van der Waals surface area contributed by atoms with Gasteiger partial charge in [0.05, 0.1) is 20.3 Å². The van der Waals surface area contributed by atoms with Gasteiger partial charge in [0.25, 0.3) is 0 Å². The Balaban J connectivity index is 3.12. The van der Waals surface area contributed by atoms with Crippen LogP contribution in [0.1, 0.15) is 11.6 Å². The Kier molecular flexibility index (Phi) is 4.15. The molecule has 0 bridgehead atoms. The number of hydrogen-bond acceptors (Lipinski definition) is 4. The van der Waals surface area contributed by atoms with Crippen molar-refractivity contribution in [3.05, 3.63) is 23.8 Å². The molecule has 4 nitrogen and oxygen atoms in total. The number of nitrogens with zero attached hydrogens (tertiary/aromatic N) is 2. The zero-order valence-corrected chi connectivity index (χ0v) is 10.0. The van der Waals surface area contributed by atoms with Crippen molar-refractivity contribution >= 4 is 0 Å². The monoisotopic (exact) mass is 220 g/mol. The van der Waals surface area contributed by atoms with E-state index in [1.165, 1.54) is 0 Å². The Morgan fingerprint density at radius 3 is 2.25 bits per heavy atom. The lowest BCUT2D eigenvalue weighted by Crippen LogP contribution is -2.18. The average molecular weight is 220 g/mol. The Morgan fingerprint density at radius 1 is 1.19 bits per heavy atom. The molecule has 0 aliphatic rings. The highest BCUT2D eigenvalue weighted by atomic mass is 16.5. The lowest BCUT2D eigenvalue weighted by Gasteiger charge is -2.18. The first-order chi connectivity index (χ1) is 7.63. The first kappa shape index (κ1) is 12.3. The fraction of sp³-hybridized carbons (Fsp3) is 0.417. The Hall–Kier alpha value is -1.73. The molecule has 1 atom stereocenters. The number of hydrogen-bond donors (Lipinski definition) is 0. The van der Waals surface area contributed by atoms with E-state index in [4.69, 9.17) is 14.7 Å². The predicted molar refractivity (Wildman–Crippen MR) is 61.6 cm³/mol. The van der Waals surface area contributed by atoms with Crippen molar-refractivity contribution < 1.29 is 9.47 Å². The fourth-order valence-electron chi connectivity index (χ4n) is 1.51. The van der Waals surface area contributed by atoms with E-state index in [-0.39, 0.29) is 6.04 Å². The maximum absolute atomic E-state index is 9.08. The van der Waals surface area contributed by atoms with Crippen LogP contribution in [-0.4, -0.2) is 33.2 Å². The molecule has 86 valence electrons. The second-order valence-corrected chi connectivity index (χ2v) is 3.61. The van der Waals surface area contributed by atoms with Gasteiger partial charge in [-0.25, -0.2) is 0 Å². The fourth-order valence-corrected chi connectivity index (χ4v) is 1.51. The van der Waals surface area contributed by atoms with Crippen LogP contribution in [0.3, 0.4) is 0 Å². The van der Waals surface area contributed by atoms with E-state index in [9.17, 15) is 0 Å². The van der Waals surface area contributed by atoms with Gasteiger partial charge in [-0.1, -0.05) is 6.07 Å². The highest BCUT2D eigenvalue weighted by Gasteiger charge is 2.15. The van der Waals surface area contributed by atoms with Crippen LogP contribution in [-0.2, 0) is 0 Å². The Bertz CT molecular complexity index is 396. The standard InChI is InChI=1S/C12H16N2O2/c1-14(2)10(8-13)9-5-6-11(15-3)12(7-9)16-4/h5-7,10H,1-4H3. The lowest BCUT2D eigenvalue weighted by molar-refractivity contribution is 0.344. The van der Waals surface area contributed by atoms with Crippen molar-refractivity contribution in [1.82, 2.24) is 4.90 Å². The van der Waals surface area contributed by atoms with Crippen molar-refractivity contribution in [2.24, 2.45) is 0 Å². The summed E-state index contributed by atoms with van der Waals surface area (Å²) in [5.74, 6) is 1.31. The van der Waals surface area contributed by atoms with Gasteiger partial charge in [-0.3, -0.25) is 4.90 Å². The van der Waals surface area contributed by atoms with Crippen LogP contribution < -0.4 is 9.47 Å². The lowest BCUT2D eigenvalue weighted by atomic mass is 10.1. The van der Waals surface area contributed by atoms with Gasteiger partial charge in [-0.15, -0.1) is 0 Å². The van der Waals surface area contributed by atoms with E-state index in [0.717, 1.165) is 5.56 Å². The minimum Gasteiger partial charge on any atom is -0.493 e. The summed E-state index contributed by atoms with van der Waals surface area (Å²) in [7, 11) is 6.90. The van der Waals surface area contributed by atoms with Crippen LogP contribution in [0.15, 0.2) is 18.2 Å². The van der Waals surface area contributed by atoms with Crippen LogP contribution >= 0.6 is 0 Å². The smallest absolute Gasteiger partial charge is 0.161 e. The summed E-state index contributed by atoms with van der Waals surface area (Å²) in [5.41, 5.74) is 0.894. The van der Waals surface area contributed by atoms with Gasteiger partial charge >= 0.3 is 0 Å². The Morgan fingerprint density at radius 2 is 1.81 bits per heavy atom. The maximum Gasteiger partial charge on any atom is 0.161 e. The van der Waals surface area contributed by atoms with Crippen molar-refractivity contribution in [1.29, 1.82) is 5.26 Å². The summed E-state index contributed by atoms with van der Waals surface area (Å²) in [4.78, 5) is 1.85. The summed E-state index contributed by atoms with van der Waals surface area (Å²) in [6, 6.07) is 7.46. The summed E-state index contributed by atoms with van der Waals surface area (Å²) in [5, 5.41) is 9.08. The average Bonchev–Trinajstić information content (AvgIpc) is 2.29. The molecule has 0 radical (unpaired) electrons. The van der Waals surface area contributed by atoms with Gasteiger partial charge in [0, 0.05) is 0 Å². The molecule has 0 aliphatic heterocycles. The molecular formula is C12H16N2O2. The minimum absolute atomic E-state index is 0.278. The number of nitriles is 1. The van der Waals surface area contributed by atoms with Gasteiger partial charge in [0.15, 0.2) is 11.5 Å². The predicted octanol–water partition coefficient (Wildman–Crippen LogP) is 1.83. The molecule has 0 saturated heterocycles. The largest absolute Gasteiger partial charge is 0.493 e. The van der Waals surface area contributed by atoms with Gasteiger partial charge in [-0.05, 0) is 31.8 Å². The van der Waals surface area contributed by atoms with Crippen molar-refractivity contribution in [3.63, 3.8) is 0 Å². The number of rotatable bonds is 4. The van der Waals surface area contributed by atoms with Crippen molar-refractivity contribution in [3.8, 4) is 17.6 Å². The van der Waals surface area contributed by atoms with Crippen molar-refractivity contribution in [2.45, 2.75) is 6.04 Å². The molecule has 0 spiro atoms. The molecular weight excluding hydrogens is 204 g/mol. The van der Waals surface area contributed by atoms with Crippen LogP contribution in [0.5, 0.6) is 11.5 Å². The van der Waals surface area contributed by atoms with E-state index < -0.39 is 0 Å². The third-order valence-corrected chi connectivity index (χ3v) is 2.36. The number of methoxy groups -OCH3 is 2. The van der Waals surface area contributed by atoms with E-state index in [0.29, 0.717) is 11.5 Å². The third kappa shape index (κ3) is 2.44. The van der Waals surface area contributed by atoms with Gasteiger partial charge < -0.3 is 9.47 Å². The van der Waals surface area contributed by atoms with Crippen molar-refractivity contribution in [2.75, 3.05) is 28.3 Å². The molecule has 0 aromatic heterocycles. The first-order valence-corrected chi connectivity index (χ1v) is 4.92. The maximum atomic E-state index is 9.08. The van der Waals surface area contributed by atoms with E-state index in [1.807, 2.05) is 37.2 Å². The summed E-state index contributed by atoms with van der Waals surface area (Å²) < 4.78 is 10.3. The summed E-state index contributed by atoms with van der Waals surface area (Å²) in [6.07, 6.45) is 0. The second kappa shape index (κ2) is 5.38.